The van der Waals surface area contributed by atoms with Crippen molar-refractivity contribution < 1.29 is 8.42 Å². The van der Waals surface area contributed by atoms with Gasteiger partial charge < -0.3 is 10.2 Å². The number of sulfonamides is 1. The lowest BCUT2D eigenvalue weighted by Gasteiger charge is -2.45. The Hall–Kier alpha value is -1.25. The Kier molecular flexibility index (Phi) is 6.70. The Morgan fingerprint density at radius 2 is 1.96 bits per heavy atom. The molecule has 0 amide bonds. The van der Waals surface area contributed by atoms with Crippen molar-refractivity contribution in [2.75, 3.05) is 25.4 Å². The second kappa shape index (κ2) is 8.84. The van der Waals surface area contributed by atoms with Gasteiger partial charge in [0.15, 0.2) is 5.96 Å². The standard InChI is InChI=1S/C19H30N4O2S2/c1-2-21-18(22-14-16-6-8-17(9-7-16)27(20,24)25)23-12-13-26-19(15-23)10-4-3-5-11-19/h6-9H,2-5,10-15H2,1H3,(H,21,22)(H2,20,24,25). The second-order valence-corrected chi connectivity index (χ2v) is 10.5. The molecule has 1 aromatic rings. The van der Waals surface area contributed by atoms with Gasteiger partial charge in [0.2, 0.25) is 10.0 Å². The number of guanidine groups is 1. The van der Waals surface area contributed by atoms with Crippen LogP contribution in [0.5, 0.6) is 0 Å². The molecule has 1 heterocycles. The minimum absolute atomic E-state index is 0.134. The summed E-state index contributed by atoms with van der Waals surface area (Å²) < 4.78 is 23.2. The van der Waals surface area contributed by atoms with Gasteiger partial charge in [0.25, 0.3) is 0 Å². The summed E-state index contributed by atoms with van der Waals surface area (Å²) in [4.78, 5) is 7.36. The van der Waals surface area contributed by atoms with Gasteiger partial charge in [-0.3, -0.25) is 0 Å². The van der Waals surface area contributed by atoms with Crippen molar-refractivity contribution in [3.63, 3.8) is 0 Å². The molecule has 6 nitrogen and oxygen atoms in total. The highest BCUT2D eigenvalue weighted by Crippen LogP contribution is 2.42. The van der Waals surface area contributed by atoms with E-state index < -0.39 is 10.0 Å². The number of nitrogens with two attached hydrogens (primary N) is 1. The van der Waals surface area contributed by atoms with E-state index in [1.165, 1.54) is 32.1 Å². The van der Waals surface area contributed by atoms with Gasteiger partial charge in [0.05, 0.1) is 11.4 Å². The van der Waals surface area contributed by atoms with Crippen LogP contribution in [0, 0.1) is 0 Å². The van der Waals surface area contributed by atoms with Crippen LogP contribution >= 0.6 is 11.8 Å². The fraction of sp³-hybridized carbons (Fsp3) is 0.632. The molecule has 0 atom stereocenters. The van der Waals surface area contributed by atoms with Crippen LogP contribution in [0.3, 0.4) is 0 Å². The lowest BCUT2D eigenvalue weighted by atomic mass is 9.87. The van der Waals surface area contributed by atoms with Crippen molar-refractivity contribution in [1.82, 2.24) is 10.2 Å². The van der Waals surface area contributed by atoms with Crippen molar-refractivity contribution in [3.05, 3.63) is 29.8 Å². The molecule has 2 fully saturated rings. The van der Waals surface area contributed by atoms with E-state index in [1.54, 1.807) is 24.3 Å². The maximum atomic E-state index is 11.4. The minimum atomic E-state index is -3.65. The van der Waals surface area contributed by atoms with Crippen molar-refractivity contribution >= 4 is 27.7 Å². The normalized spacial score (nSPS) is 20.7. The predicted octanol–water partition coefficient (Wildman–Crippen LogP) is 2.55. The molecule has 0 bridgehead atoms. The molecule has 1 spiro atoms. The molecule has 8 heteroatoms. The number of hydrogen-bond donors (Lipinski definition) is 2. The number of aliphatic imine (C=N–C) groups is 1. The summed E-state index contributed by atoms with van der Waals surface area (Å²) in [6.45, 7) is 5.52. The van der Waals surface area contributed by atoms with E-state index >= 15 is 0 Å². The molecular weight excluding hydrogens is 380 g/mol. The summed E-state index contributed by atoms with van der Waals surface area (Å²) in [6, 6.07) is 6.65. The number of hydrogen-bond acceptors (Lipinski definition) is 4. The van der Waals surface area contributed by atoms with Crippen molar-refractivity contribution in [3.8, 4) is 0 Å². The molecule has 27 heavy (non-hydrogen) atoms. The maximum absolute atomic E-state index is 11.4. The van der Waals surface area contributed by atoms with Gasteiger partial charge >= 0.3 is 0 Å². The quantitative estimate of drug-likeness (QED) is 0.588. The molecule has 2 aliphatic rings. The summed E-state index contributed by atoms with van der Waals surface area (Å²) in [6.07, 6.45) is 6.66. The predicted molar refractivity (Wildman–Crippen MR) is 112 cm³/mol. The van der Waals surface area contributed by atoms with E-state index in [1.807, 2.05) is 0 Å². The number of rotatable bonds is 4. The van der Waals surface area contributed by atoms with Crippen LogP contribution in [0.2, 0.25) is 0 Å². The van der Waals surface area contributed by atoms with E-state index in [0.29, 0.717) is 11.3 Å². The molecule has 0 unspecified atom stereocenters. The van der Waals surface area contributed by atoms with Gasteiger partial charge in [0.1, 0.15) is 0 Å². The van der Waals surface area contributed by atoms with Crippen LogP contribution in [0.25, 0.3) is 0 Å². The Bertz CT molecular complexity index is 751. The van der Waals surface area contributed by atoms with Gasteiger partial charge in [-0.1, -0.05) is 31.4 Å². The van der Waals surface area contributed by atoms with Gasteiger partial charge in [-0.05, 0) is 37.5 Å². The molecule has 150 valence electrons. The summed E-state index contributed by atoms with van der Waals surface area (Å²) in [5.74, 6) is 2.10. The monoisotopic (exact) mass is 410 g/mol. The average molecular weight is 411 g/mol. The number of nitrogens with zero attached hydrogens (tertiary/aromatic N) is 2. The SMILES string of the molecule is CCNC(=NCc1ccc(S(N)(=O)=O)cc1)N1CCSC2(CCCCC2)C1. The fourth-order valence-corrected chi connectivity index (χ4v) is 5.99. The Balaban J connectivity index is 1.70. The second-order valence-electron chi connectivity index (χ2n) is 7.37. The van der Waals surface area contributed by atoms with E-state index in [4.69, 9.17) is 10.1 Å². The summed E-state index contributed by atoms with van der Waals surface area (Å²) in [5.41, 5.74) is 0.969. The fourth-order valence-electron chi connectivity index (χ4n) is 3.90. The maximum Gasteiger partial charge on any atom is 0.238 e. The number of nitrogens with one attached hydrogen (secondary N) is 1. The highest BCUT2D eigenvalue weighted by atomic mass is 32.2. The molecule has 1 aromatic carbocycles. The smallest absolute Gasteiger partial charge is 0.238 e. The molecular formula is C19H30N4O2S2. The number of primary sulfonamides is 1. The highest BCUT2D eigenvalue weighted by molar-refractivity contribution is 8.00. The van der Waals surface area contributed by atoms with E-state index in [0.717, 1.165) is 36.9 Å². The van der Waals surface area contributed by atoms with E-state index in [2.05, 4.69) is 28.9 Å². The highest BCUT2D eigenvalue weighted by Gasteiger charge is 2.38. The average Bonchev–Trinajstić information content (AvgIpc) is 2.65. The molecule has 1 aliphatic carbocycles. The van der Waals surface area contributed by atoms with Gasteiger partial charge in [0, 0.05) is 30.1 Å². The molecule has 1 saturated heterocycles. The van der Waals surface area contributed by atoms with Crippen LogP contribution in [0.15, 0.2) is 34.2 Å². The Labute approximate surface area is 167 Å². The molecule has 3 rings (SSSR count). The van der Waals surface area contributed by atoms with Gasteiger partial charge in [-0.25, -0.2) is 18.5 Å². The lowest BCUT2D eigenvalue weighted by molar-refractivity contribution is 0.293. The zero-order valence-corrected chi connectivity index (χ0v) is 17.6. The number of thioether (sulfide) groups is 1. The first-order valence-corrected chi connectivity index (χ1v) is 12.2. The van der Waals surface area contributed by atoms with Crippen molar-refractivity contribution in [1.29, 1.82) is 0 Å². The number of benzene rings is 1. The molecule has 0 aromatic heterocycles. The van der Waals surface area contributed by atoms with Crippen LogP contribution < -0.4 is 10.5 Å². The first-order valence-electron chi connectivity index (χ1n) is 9.71. The van der Waals surface area contributed by atoms with Crippen molar-refractivity contribution in [2.24, 2.45) is 10.1 Å². The van der Waals surface area contributed by atoms with Crippen LogP contribution in [-0.4, -0.2) is 49.4 Å². The molecule has 0 radical (unpaired) electrons. The lowest BCUT2D eigenvalue weighted by Crippen LogP contribution is -2.53. The summed E-state index contributed by atoms with van der Waals surface area (Å²) >= 11 is 2.15. The van der Waals surface area contributed by atoms with E-state index in [9.17, 15) is 8.42 Å². The zero-order valence-electron chi connectivity index (χ0n) is 16.0. The van der Waals surface area contributed by atoms with Crippen LogP contribution in [0.1, 0.15) is 44.6 Å². The van der Waals surface area contributed by atoms with Crippen molar-refractivity contribution in [2.45, 2.75) is 55.2 Å². The van der Waals surface area contributed by atoms with Gasteiger partial charge in [-0.2, -0.15) is 11.8 Å². The zero-order chi connectivity index (χ0) is 19.3. The molecule has 3 N–H and O–H groups in total. The van der Waals surface area contributed by atoms with E-state index in [-0.39, 0.29) is 4.90 Å². The minimum Gasteiger partial charge on any atom is -0.357 e. The third-order valence-corrected chi connectivity index (χ3v) is 7.78. The third kappa shape index (κ3) is 5.39. The van der Waals surface area contributed by atoms with Crippen LogP contribution in [-0.2, 0) is 16.6 Å². The summed E-state index contributed by atoms with van der Waals surface area (Å²) in [5, 5.41) is 8.59. The van der Waals surface area contributed by atoms with Crippen LogP contribution in [0.4, 0.5) is 0 Å². The molecule has 1 saturated carbocycles. The topological polar surface area (TPSA) is 87.8 Å². The largest absolute Gasteiger partial charge is 0.357 e. The Morgan fingerprint density at radius 1 is 1.26 bits per heavy atom. The Morgan fingerprint density at radius 3 is 2.59 bits per heavy atom. The van der Waals surface area contributed by atoms with Gasteiger partial charge in [-0.15, -0.1) is 0 Å². The third-order valence-electron chi connectivity index (χ3n) is 5.31. The molecule has 1 aliphatic heterocycles. The first kappa shape index (κ1) is 20.5. The first-order chi connectivity index (χ1) is 12.9. The summed E-state index contributed by atoms with van der Waals surface area (Å²) in [7, 11) is -3.65.